The van der Waals surface area contributed by atoms with Crippen molar-refractivity contribution >= 4 is 5.69 Å². The molecule has 2 rings (SSSR count). The molecule has 4 nitrogen and oxygen atoms in total. The third-order valence-corrected chi connectivity index (χ3v) is 2.33. The number of aromatic nitrogens is 2. The summed E-state index contributed by atoms with van der Waals surface area (Å²) in [5.41, 5.74) is 9.22. The summed E-state index contributed by atoms with van der Waals surface area (Å²) in [4.78, 5) is 18.1. The van der Waals surface area contributed by atoms with E-state index in [2.05, 4.69) is 9.97 Å². The molecule has 0 saturated carbocycles. The number of aromatic amines is 1. The molecule has 0 bridgehead atoms. The Kier molecular flexibility index (Phi) is 2.48. The van der Waals surface area contributed by atoms with Gasteiger partial charge in [0.25, 0.3) is 5.56 Å². The van der Waals surface area contributed by atoms with Crippen LogP contribution in [0.15, 0.2) is 29.2 Å². The first-order valence-electron chi connectivity index (χ1n) is 5.00. The Labute approximate surface area is 93.2 Å². The van der Waals surface area contributed by atoms with E-state index in [1.165, 1.54) is 0 Å². The number of rotatable bonds is 1. The zero-order valence-corrected chi connectivity index (χ0v) is 9.24. The number of aryl methyl sites for hydroxylation is 2. The first-order valence-corrected chi connectivity index (χ1v) is 5.00. The molecule has 0 spiro atoms. The predicted octanol–water partition coefficient (Wildman–Crippen LogP) is 1.64. The van der Waals surface area contributed by atoms with Crippen molar-refractivity contribution in [3.63, 3.8) is 0 Å². The van der Waals surface area contributed by atoms with Gasteiger partial charge in [0.05, 0.1) is 11.4 Å². The van der Waals surface area contributed by atoms with Crippen LogP contribution in [0.5, 0.6) is 0 Å². The number of hydrogen-bond acceptors (Lipinski definition) is 3. The van der Waals surface area contributed by atoms with Crippen LogP contribution in [-0.2, 0) is 0 Å². The second-order valence-electron chi connectivity index (χ2n) is 3.84. The molecule has 0 amide bonds. The average molecular weight is 215 g/mol. The minimum Gasteiger partial charge on any atom is -0.394 e. The summed E-state index contributed by atoms with van der Waals surface area (Å²) in [6, 6.07) is 5.60. The Bertz CT molecular complexity index is 567. The van der Waals surface area contributed by atoms with E-state index in [9.17, 15) is 4.79 Å². The summed E-state index contributed by atoms with van der Waals surface area (Å²) in [6.07, 6.45) is 1.62. The quantitative estimate of drug-likeness (QED) is 0.759. The van der Waals surface area contributed by atoms with Crippen LogP contribution in [-0.4, -0.2) is 9.97 Å². The van der Waals surface area contributed by atoms with Gasteiger partial charge in [-0.05, 0) is 37.6 Å². The molecule has 16 heavy (non-hydrogen) atoms. The van der Waals surface area contributed by atoms with Crippen LogP contribution in [0.2, 0.25) is 0 Å². The summed E-state index contributed by atoms with van der Waals surface area (Å²) in [7, 11) is 0. The van der Waals surface area contributed by atoms with Crippen LogP contribution in [0.3, 0.4) is 0 Å². The predicted molar refractivity (Wildman–Crippen MR) is 64.2 cm³/mol. The Morgan fingerprint density at radius 2 is 2.00 bits per heavy atom. The normalized spacial score (nSPS) is 10.4. The molecule has 2 aromatic heterocycles. The van der Waals surface area contributed by atoms with Crippen molar-refractivity contribution in [2.24, 2.45) is 0 Å². The molecule has 0 aliphatic rings. The fraction of sp³-hybridized carbons (Fsp3) is 0.167. The van der Waals surface area contributed by atoms with Crippen molar-refractivity contribution in [1.29, 1.82) is 0 Å². The van der Waals surface area contributed by atoms with Gasteiger partial charge in [0.1, 0.15) is 0 Å². The molecule has 2 aromatic rings. The van der Waals surface area contributed by atoms with Gasteiger partial charge in [-0.3, -0.25) is 9.78 Å². The number of nitrogens with zero attached hydrogens (tertiary/aromatic N) is 1. The van der Waals surface area contributed by atoms with Crippen LogP contribution in [0.4, 0.5) is 5.69 Å². The molecular formula is C12H13N3O. The minimum absolute atomic E-state index is 0.207. The number of pyridine rings is 2. The summed E-state index contributed by atoms with van der Waals surface area (Å²) < 4.78 is 0. The van der Waals surface area contributed by atoms with Gasteiger partial charge in [0.15, 0.2) is 0 Å². The highest BCUT2D eigenvalue weighted by Crippen LogP contribution is 2.18. The maximum absolute atomic E-state index is 11.1. The smallest absolute Gasteiger partial charge is 0.271 e. The standard InChI is InChI=1S/C12H13N3O/c1-7-3-8(2)15-11(4-7)9-5-10(13)12(16)14-6-9/h3-6H,13H2,1-2H3,(H,14,16). The van der Waals surface area contributed by atoms with E-state index in [1.807, 2.05) is 26.0 Å². The molecular weight excluding hydrogens is 202 g/mol. The zero-order valence-electron chi connectivity index (χ0n) is 9.24. The first-order chi connectivity index (χ1) is 7.56. The summed E-state index contributed by atoms with van der Waals surface area (Å²) in [5, 5.41) is 0. The molecule has 0 fully saturated rings. The first kappa shape index (κ1) is 10.4. The molecule has 2 heterocycles. The van der Waals surface area contributed by atoms with Crippen LogP contribution >= 0.6 is 0 Å². The van der Waals surface area contributed by atoms with Gasteiger partial charge in [-0.25, -0.2) is 0 Å². The number of H-pyrrole nitrogens is 1. The maximum Gasteiger partial charge on any atom is 0.271 e. The van der Waals surface area contributed by atoms with E-state index in [0.29, 0.717) is 0 Å². The second kappa shape index (κ2) is 3.81. The molecule has 0 aliphatic heterocycles. The SMILES string of the molecule is Cc1cc(C)nc(-c2c[nH]c(=O)c(N)c2)c1. The van der Waals surface area contributed by atoms with Gasteiger partial charge in [0.2, 0.25) is 0 Å². The Hall–Kier alpha value is -2.10. The van der Waals surface area contributed by atoms with Crippen molar-refractivity contribution in [2.75, 3.05) is 5.73 Å². The fourth-order valence-electron chi connectivity index (χ4n) is 1.64. The van der Waals surface area contributed by atoms with Gasteiger partial charge in [-0.15, -0.1) is 0 Å². The monoisotopic (exact) mass is 215 g/mol. The lowest BCUT2D eigenvalue weighted by Crippen LogP contribution is -2.10. The zero-order chi connectivity index (χ0) is 11.7. The molecule has 0 unspecified atom stereocenters. The van der Waals surface area contributed by atoms with E-state index in [4.69, 9.17) is 5.73 Å². The highest BCUT2D eigenvalue weighted by atomic mass is 16.1. The van der Waals surface area contributed by atoms with Crippen molar-refractivity contribution in [3.05, 3.63) is 46.0 Å². The number of anilines is 1. The molecule has 0 radical (unpaired) electrons. The Balaban J connectivity index is 2.58. The number of hydrogen-bond donors (Lipinski definition) is 2. The minimum atomic E-state index is -0.270. The number of nitrogen functional groups attached to an aromatic ring is 1. The highest BCUT2D eigenvalue weighted by Gasteiger charge is 2.03. The second-order valence-corrected chi connectivity index (χ2v) is 3.84. The van der Waals surface area contributed by atoms with Crippen molar-refractivity contribution < 1.29 is 0 Å². The van der Waals surface area contributed by atoms with Gasteiger partial charge >= 0.3 is 0 Å². The molecule has 0 atom stereocenters. The third-order valence-electron chi connectivity index (χ3n) is 2.33. The molecule has 0 aliphatic carbocycles. The van der Waals surface area contributed by atoms with Gasteiger partial charge in [-0.2, -0.15) is 0 Å². The molecule has 3 N–H and O–H groups in total. The Morgan fingerprint density at radius 1 is 1.25 bits per heavy atom. The van der Waals surface area contributed by atoms with E-state index in [0.717, 1.165) is 22.5 Å². The van der Waals surface area contributed by atoms with E-state index < -0.39 is 0 Å². The van der Waals surface area contributed by atoms with Gasteiger partial charge in [-0.1, -0.05) is 0 Å². The van der Waals surface area contributed by atoms with Crippen LogP contribution in [0.25, 0.3) is 11.3 Å². The largest absolute Gasteiger partial charge is 0.394 e. The highest BCUT2D eigenvalue weighted by molar-refractivity contribution is 5.62. The van der Waals surface area contributed by atoms with Gasteiger partial charge in [0, 0.05) is 17.5 Å². The van der Waals surface area contributed by atoms with E-state index in [-0.39, 0.29) is 11.2 Å². The summed E-state index contributed by atoms with van der Waals surface area (Å²) in [5.74, 6) is 0. The van der Waals surface area contributed by atoms with Crippen LogP contribution in [0.1, 0.15) is 11.3 Å². The van der Waals surface area contributed by atoms with Crippen molar-refractivity contribution in [1.82, 2.24) is 9.97 Å². The van der Waals surface area contributed by atoms with Gasteiger partial charge < -0.3 is 10.7 Å². The lowest BCUT2D eigenvalue weighted by molar-refractivity contribution is 1.17. The van der Waals surface area contributed by atoms with E-state index in [1.54, 1.807) is 12.3 Å². The average Bonchev–Trinajstić information content (AvgIpc) is 2.20. The lowest BCUT2D eigenvalue weighted by Gasteiger charge is -2.04. The molecule has 0 aromatic carbocycles. The number of nitrogens with two attached hydrogens (primary N) is 1. The third kappa shape index (κ3) is 1.95. The molecule has 4 heteroatoms. The molecule has 82 valence electrons. The number of nitrogens with one attached hydrogen (secondary N) is 1. The maximum atomic E-state index is 11.1. The topological polar surface area (TPSA) is 71.8 Å². The fourth-order valence-corrected chi connectivity index (χ4v) is 1.64. The summed E-state index contributed by atoms with van der Waals surface area (Å²) >= 11 is 0. The van der Waals surface area contributed by atoms with E-state index >= 15 is 0 Å². The van der Waals surface area contributed by atoms with Crippen molar-refractivity contribution in [2.45, 2.75) is 13.8 Å². The Morgan fingerprint density at radius 3 is 2.62 bits per heavy atom. The summed E-state index contributed by atoms with van der Waals surface area (Å²) in [6.45, 7) is 3.94. The molecule has 0 saturated heterocycles. The van der Waals surface area contributed by atoms with Crippen LogP contribution in [0, 0.1) is 13.8 Å². The van der Waals surface area contributed by atoms with Crippen molar-refractivity contribution in [3.8, 4) is 11.3 Å². The lowest BCUT2D eigenvalue weighted by atomic mass is 10.1. The van der Waals surface area contributed by atoms with Crippen LogP contribution < -0.4 is 11.3 Å².